The molecule has 0 bridgehead atoms. The predicted molar refractivity (Wildman–Crippen MR) is 78.5 cm³/mol. The highest BCUT2D eigenvalue weighted by Crippen LogP contribution is 2.24. The van der Waals surface area contributed by atoms with E-state index in [1.165, 1.54) is 18.2 Å². The van der Waals surface area contributed by atoms with Crippen LogP contribution in [0.2, 0.25) is 0 Å². The van der Waals surface area contributed by atoms with E-state index >= 15 is 0 Å². The van der Waals surface area contributed by atoms with Crippen LogP contribution in [0.25, 0.3) is 6.08 Å². The van der Waals surface area contributed by atoms with Gasteiger partial charge in [0.15, 0.2) is 0 Å². The van der Waals surface area contributed by atoms with Gasteiger partial charge in [-0.25, -0.2) is 0 Å². The van der Waals surface area contributed by atoms with E-state index in [9.17, 15) is 14.9 Å². The smallest absolute Gasteiger partial charge is 0.401 e. The molecule has 1 aliphatic carbocycles. The third kappa shape index (κ3) is 3.73. The van der Waals surface area contributed by atoms with Gasteiger partial charge in [0.2, 0.25) is 0 Å². The number of nitrogens with one attached hydrogen (secondary N) is 1. The van der Waals surface area contributed by atoms with Crippen molar-refractivity contribution in [1.82, 2.24) is 5.32 Å². The summed E-state index contributed by atoms with van der Waals surface area (Å²) in [5.41, 5.74) is -0.123. The normalized spacial score (nSPS) is 21.9. The maximum atomic E-state index is 12.2. The number of hydrogen-bond donors (Lipinski definition) is 1. The number of carbonyl (C=O) groups excluding carboxylic acids is 1. The van der Waals surface area contributed by atoms with E-state index in [4.69, 9.17) is 9.68 Å². The van der Waals surface area contributed by atoms with Gasteiger partial charge in [-0.2, -0.15) is 5.26 Å². The average Bonchev–Trinajstić information content (AvgIpc) is 2.96. The van der Waals surface area contributed by atoms with E-state index in [0.717, 1.165) is 25.7 Å². The zero-order valence-electron chi connectivity index (χ0n) is 12.2. The zero-order valence-corrected chi connectivity index (χ0v) is 12.2. The molecule has 0 aromatic carbocycles. The van der Waals surface area contributed by atoms with Gasteiger partial charge in [-0.15, -0.1) is 0 Å². The lowest BCUT2D eigenvalue weighted by molar-refractivity contribution is -0.402. The Labute approximate surface area is 127 Å². The Balaban J connectivity index is 2.09. The highest BCUT2D eigenvalue weighted by molar-refractivity contribution is 6.01. The maximum Gasteiger partial charge on any atom is 0.433 e. The fourth-order valence-electron chi connectivity index (χ4n) is 2.59. The van der Waals surface area contributed by atoms with E-state index in [2.05, 4.69) is 12.2 Å². The Morgan fingerprint density at radius 1 is 1.50 bits per heavy atom. The minimum absolute atomic E-state index is 0.0592. The Morgan fingerprint density at radius 2 is 2.23 bits per heavy atom. The van der Waals surface area contributed by atoms with E-state index in [-0.39, 0.29) is 17.4 Å². The monoisotopic (exact) mass is 303 g/mol. The van der Waals surface area contributed by atoms with Crippen molar-refractivity contribution in [2.24, 2.45) is 5.92 Å². The quantitative estimate of drug-likeness (QED) is 0.398. The molecule has 1 amide bonds. The first-order chi connectivity index (χ1) is 10.5. The van der Waals surface area contributed by atoms with Gasteiger partial charge in [-0.05, 0) is 24.8 Å². The summed E-state index contributed by atoms with van der Waals surface area (Å²) >= 11 is 0. The Kier molecular flexibility index (Phi) is 4.94. The molecule has 0 radical (unpaired) electrons. The fraction of sp³-hybridized carbons (Fsp3) is 0.467. The molecule has 1 N–H and O–H groups in total. The number of nitro groups is 1. The lowest BCUT2D eigenvalue weighted by Crippen LogP contribution is -2.41. The average molecular weight is 303 g/mol. The van der Waals surface area contributed by atoms with Crippen molar-refractivity contribution in [3.8, 4) is 6.07 Å². The van der Waals surface area contributed by atoms with Crippen molar-refractivity contribution < 1.29 is 14.1 Å². The highest BCUT2D eigenvalue weighted by atomic mass is 16.6. The van der Waals surface area contributed by atoms with Crippen molar-refractivity contribution in [1.29, 1.82) is 5.26 Å². The van der Waals surface area contributed by atoms with E-state index in [1.54, 1.807) is 0 Å². The van der Waals surface area contributed by atoms with Gasteiger partial charge < -0.3 is 9.73 Å². The van der Waals surface area contributed by atoms with Crippen LogP contribution in [-0.4, -0.2) is 16.9 Å². The number of nitrogens with zero attached hydrogens (tertiary/aromatic N) is 2. The number of furan rings is 1. The third-order valence-electron chi connectivity index (χ3n) is 3.87. The first-order valence-corrected chi connectivity index (χ1v) is 7.18. The van der Waals surface area contributed by atoms with Crippen molar-refractivity contribution in [3.63, 3.8) is 0 Å². The summed E-state index contributed by atoms with van der Waals surface area (Å²) in [6, 6.07) is 4.41. The number of amides is 1. The van der Waals surface area contributed by atoms with Crippen molar-refractivity contribution in [2.45, 2.75) is 38.6 Å². The number of carbonyl (C=O) groups is 1. The van der Waals surface area contributed by atoms with Crippen LogP contribution in [0.3, 0.4) is 0 Å². The number of nitriles is 1. The SMILES string of the molecule is CC1CCCCC1NC(=O)/C(C#N)=C/c1ccc([N+](=O)[O-])o1. The van der Waals surface area contributed by atoms with Crippen LogP contribution in [0.1, 0.15) is 38.4 Å². The van der Waals surface area contributed by atoms with Gasteiger partial charge in [0.05, 0.1) is 6.07 Å². The molecule has 2 atom stereocenters. The molecule has 1 fully saturated rings. The molecule has 7 nitrogen and oxygen atoms in total. The molecule has 0 aliphatic heterocycles. The summed E-state index contributed by atoms with van der Waals surface area (Å²) in [6.07, 6.45) is 5.39. The summed E-state index contributed by atoms with van der Waals surface area (Å²) in [6.45, 7) is 2.08. The Bertz CT molecular complexity index is 641. The van der Waals surface area contributed by atoms with Crippen LogP contribution in [-0.2, 0) is 4.79 Å². The van der Waals surface area contributed by atoms with Crippen LogP contribution < -0.4 is 5.32 Å². The van der Waals surface area contributed by atoms with Gasteiger partial charge in [-0.3, -0.25) is 14.9 Å². The number of hydrogen-bond acceptors (Lipinski definition) is 5. The zero-order chi connectivity index (χ0) is 16.1. The lowest BCUT2D eigenvalue weighted by Gasteiger charge is -2.29. The second-order valence-electron chi connectivity index (χ2n) is 5.44. The molecule has 1 aromatic heterocycles. The summed E-state index contributed by atoms with van der Waals surface area (Å²) in [7, 11) is 0. The molecule has 1 saturated carbocycles. The predicted octanol–water partition coefficient (Wildman–Crippen LogP) is 2.79. The molecule has 7 heteroatoms. The maximum absolute atomic E-state index is 12.2. The van der Waals surface area contributed by atoms with Crippen LogP contribution in [0.5, 0.6) is 0 Å². The molecule has 22 heavy (non-hydrogen) atoms. The molecule has 2 unspecified atom stereocenters. The molecule has 1 aliphatic rings. The van der Waals surface area contributed by atoms with Gasteiger partial charge in [-0.1, -0.05) is 19.8 Å². The molecule has 0 spiro atoms. The standard InChI is InChI=1S/C15H17N3O4/c1-10-4-2-3-5-13(10)17-15(19)11(9-16)8-12-6-7-14(22-12)18(20)21/h6-8,10,13H,2-5H2,1H3,(H,17,19)/b11-8+. The fourth-order valence-corrected chi connectivity index (χ4v) is 2.59. The van der Waals surface area contributed by atoms with E-state index in [1.807, 2.05) is 6.07 Å². The first-order valence-electron chi connectivity index (χ1n) is 7.18. The summed E-state index contributed by atoms with van der Waals surface area (Å²) in [5, 5.41) is 22.5. The largest absolute Gasteiger partial charge is 0.433 e. The molecular formula is C15H17N3O4. The molecular weight excluding hydrogens is 286 g/mol. The topological polar surface area (TPSA) is 109 Å². The molecule has 1 aromatic rings. The summed E-state index contributed by atoms with van der Waals surface area (Å²) < 4.78 is 4.93. The van der Waals surface area contributed by atoms with Gasteiger partial charge in [0.25, 0.3) is 5.91 Å². The van der Waals surface area contributed by atoms with Gasteiger partial charge in [0, 0.05) is 12.1 Å². The van der Waals surface area contributed by atoms with Crippen LogP contribution in [0.4, 0.5) is 5.88 Å². The van der Waals surface area contributed by atoms with Crippen LogP contribution in [0, 0.1) is 27.4 Å². The summed E-state index contributed by atoms with van der Waals surface area (Å²) in [5.74, 6) is -0.414. The van der Waals surface area contributed by atoms with Crippen molar-refractivity contribution >= 4 is 17.9 Å². The Morgan fingerprint density at radius 3 is 2.82 bits per heavy atom. The van der Waals surface area contributed by atoms with Crippen LogP contribution in [0.15, 0.2) is 22.1 Å². The first kappa shape index (κ1) is 15.8. The minimum Gasteiger partial charge on any atom is -0.401 e. The van der Waals surface area contributed by atoms with Crippen LogP contribution >= 0.6 is 0 Å². The van der Waals surface area contributed by atoms with E-state index < -0.39 is 16.7 Å². The van der Waals surface area contributed by atoms with Gasteiger partial charge in [0.1, 0.15) is 22.3 Å². The lowest BCUT2D eigenvalue weighted by atomic mass is 9.86. The van der Waals surface area contributed by atoms with Crippen molar-refractivity contribution in [3.05, 3.63) is 33.6 Å². The van der Waals surface area contributed by atoms with E-state index in [0.29, 0.717) is 5.92 Å². The highest BCUT2D eigenvalue weighted by Gasteiger charge is 2.24. The third-order valence-corrected chi connectivity index (χ3v) is 3.87. The molecule has 1 heterocycles. The second kappa shape index (κ2) is 6.89. The molecule has 0 saturated heterocycles. The molecule has 2 rings (SSSR count). The van der Waals surface area contributed by atoms with Crippen molar-refractivity contribution in [2.75, 3.05) is 0 Å². The molecule has 116 valence electrons. The minimum atomic E-state index is -0.673. The Hall–Kier alpha value is -2.62. The second-order valence-corrected chi connectivity index (χ2v) is 5.44. The summed E-state index contributed by atoms with van der Waals surface area (Å²) in [4.78, 5) is 22.0. The number of rotatable bonds is 4. The van der Waals surface area contributed by atoms with Gasteiger partial charge >= 0.3 is 5.88 Å².